The first kappa shape index (κ1) is 19.6. The number of carbonyl (C=O) groups excluding carboxylic acids is 2. The first-order valence-electron chi connectivity index (χ1n) is 10.9. The van der Waals surface area contributed by atoms with Gasteiger partial charge in [0.15, 0.2) is 0 Å². The monoisotopic (exact) mass is 387 g/mol. The zero-order valence-corrected chi connectivity index (χ0v) is 17.0. The summed E-state index contributed by atoms with van der Waals surface area (Å²) >= 11 is 0. The van der Waals surface area contributed by atoms with E-state index in [9.17, 15) is 9.59 Å². The number of carbonyl (C=O) groups is 2. The van der Waals surface area contributed by atoms with Gasteiger partial charge in [-0.25, -0.2) is 0 Å². The van der Waals surface area contributed by atoms with Crippen LogP contribution in [0, 0.1) is 5.92 Å². The van der Waals surface area contributed by atoms with Crippen LogP contribution in [0.4, 0.5) is 5.69 Å². The third-order valence-electron chi connectivity index (χ3n) is 6.23. The lowest BCUT2D eigenvalue weighted by molar-refractivity contribution is -0.123. The van der Waals surface area contributed by atoms with Crippen molar-refractivity contribution in [3.05, 3.63) is 65.2 Å². The molecule has 2 aromatic rings. The number of hydrogen-bond donors (Lipinski definition) is 0. The number of anilines is 1. The molecule has 1 heterocycles. The molecule has 0 N–H and O–H groups in total. The van der Waals surface area contributed by atoms with Crippen LogP contribution in [0.2, 0.25) is 0 Å². The van der Waals surface area contributed by atoms with Crippen LogP contribution < -0.4 is 4.90 Å². The van der Waals surface area contributed by atoms with Crippen molar-refractivity contribution in [2.24, 2.45) is 5.92 Å². The summed E-state index contributed by atoms with van der Waals surface area (Å²) in [6, 6.07) is 16.3. The van der Waals surface area contributed by atoms with Gasteiger partial charge in [0.05, 0.1) is 12.2 Å². The van der Waals surface area contributed by atoms with E-state index in [2.05, 4.69) is 30.4 Å². The van der Waals surface area contributed by atoms with Gasteiger partial charge in [0.25, 0.3) is 0 Å². The minimum Gasteiger partial charge on any atom is -0.307 e. The molecular formula is C26H29NO2. The second-order valence-electron chi connectivity index (χ2n) is 8.23. The van der Waals surface area contributed by atoms with Crippen molar-refractivity contribution in [3.8, 4) is 0 Å². The van der Waals surface area contributed by atoms with Crippen molar-refractivity contribution in [1.82, 2.24) is 0 Å². The Kier molecular flexibility index (Phi) is 6.24. The van der Waals surface area contributed by atoms with Gasteiger partial charge >= 0.3 is 0 Å². The fourth-order valence-electron chi connectivity index (χ4n) is 4.53. The normalized spacial score (nSPS) is 17.2. The van der Waals surface area contributed by atoms with E-state index in [1.807, 2.05) is 35.2 Å². The zero-order valence-electron chi connectivity index (χ0n) is 17.0. The van der Waals surface area contributed by atoms with Gasteiger partial charge < -0.3 is 4.90 Å². The van der Waals surface area contributed by atoms with Crippen molar-refractivity contribution in [2.75, 3.05) is 4.90 Å². The summed E-state index contributed by atoms with van der Waals surface area (Å²) in [7, 11) is 0. The van der Waals surface area contributed by atoms with Crippen LogP contribution in [-0.2, 0) is 16.1 Å². The van der Waals surface area contributed by atoms with Crippen LogP contribution in [0.3, 0.4) is 0 Å². The van der Waals surface area contributed by atoms with Crippen LogP contribution >= 0.6 is 0 Å². The molecule has 0 atom stereocenters. The number of Topliss-reactive ketones (excluding diaryl/α,β-unsaturated/α-hetero) is 1. The highest BCUT2D eigenvalue weighted by molar-refractivity contribution is 5.97. The molecule has 2 aromatic carbocycles. The molecular weight excluding hydrogens is 358 g/mol. The van der Waals surface area contributed by atoms with Gasteiger partial charge in [-0.3, -0.25) is 9.59 Å². The highest BCUT2D eigenvalue weighted by Crippen LogP contribution is 2.30. The number of nitrogens with zero attached hydrogens (tertiary/aromatic N) is 1. The lowest BCUT2D eigenvalue weighted by atomic mass is 9.97. The molecule has 1 aliphatic heterocycles. The van der Waals surface area contributed by atoms with E-state index < -0.39 is 0 Å². The SMILES string of the molecule is O=C(CCCCC(=O)N1Cc2ccccc2/C=C\c2ccccc21)C1CCCC1. The number of para-hydroxylation sites is 1. The van der Waals surface area contributed by atoms with Crippen molar-refractivity contribution in [1.29, 1.82) is 0 Å². The molecule has 0 spiro atoms. The first-order valence-corrected chi connectivity index (χ1v) is 10.9. The largest absolute Gasteiger partial charge is 0.307 e. The molecule has 1 fully saturated rings. The van der Waals surface area contributed by atoms with E-state index in [1.165, 1.54) is 12.8 Å². The van der Waals surface area contributed by atoms with Crippen LogP contribution in [-0.4, -0.2) is 11.7 Å². The van der Waals surface area contributed by atoms with Crippen LogP contribution in [0.5, 0.6) is 0 Å². The Morgan fingerprint density at radius 3 is 2.31 bits per heavy atom. The van der Waals surface area contributed by atoms with Gasteiger partial charge in [0.2, 0.25) is 5.91 Å². The molecule has 1 amide bonds. The Bertz CT molecular complexity index is 908. The molecule has 0 unspecified atom stereocenters. The zero-order chi connectivity index (χ0) is 20.1. The van der Waals surface area contributed by atoms with Crippen molar-refractivity contribution in [3.63, 3.8) is 0 Å². The number of unbranched alkanes of at least 4 members (excludes halogenated alkanes) is 1. The number of fused-ring (bicyclic) bond motifs is 2. The standard InChI is InChI=1S/C26H29NO2/c28-25(22-11-2-3-12-22)15-7-8-16-26(29)27-19-23-13-4-1-9-20(23)17-18-21-10-5-6-14-24(21)27/h1,4-6,9-10,13-14,17-18,22H,2-3,7-8,11-12,15-16,19H2/b18-17-. The Morgan fingerprint density at radius 1 is 0.828 bits per heavy atom. The highest BCUT2D eigenvalue weighted by atomic mass is 16.2. The minimum atomic E-state index is 0.135. The van der Waals surface area contributed by atoms with Gasteiger partial charge in [0, 0.05) is 18.8 Å². The Hall–Kier alpha value is -2.68. The first-order chi connectivity index (χ1) is 14.2. The molecule has 4 rings (SSSR count). The quantitative estimate of drug-likeness (QED) is 0.568. The number of benzene rings is 2. The fraction of sp³-hybridized carbons (Fsp3) is 0.385. The summed E-state index contributed by atoms with van der Waals surface area (Å²) in [5, 5.41) is 0. The maximum absolute atomic E-state index is 13.2. The Balaban J connectivity index is 1.43. The molecule has 1 saturated carbocycles. The molecule has 0 aromatic heterocycles. The molecule has 29 heavy (non-hydrogen) atoms. The summed E-state index contributed by atoms with van der Waals surface area (Å²) in [6.07, 6.45) is 11.4. The molecule has 0 saturated heterocycles. The maximum Gasteiger partial charge on any atom is 0.227 e. The predicted molar refractivity (Wildman–Crippen MR) is 118 cm³/mol. The smallest absolute Gasteiger partial charge is 0.227 e. The molecule has 2 aliphatic rings. The molecule has 150 valence electrons. The summed E-state index contributed by atoms with van der Waals surface area (Å²) in [5.74, 6) is 0.830. The summed E-state index contributed by atoms with van der Waals surface area (Å²) in [5.41, 5.74) is 4.34. The number of rotatable bonds is 6. The number of hydrogen-bond acceptors (Lipinski definition) is 2. The third-order valence-corrected chi connectivity index (χ3v) is 6.23. The van der Waals surface area contributed by atoms with Gasteiger partial charge in [-0.05, 0) is 48.4 Å². The lowest BCUT2D eigenvalue weighted by Crippen LogP contribution is -2.31. The van der Waals surface area contributed by atoms with Gasteiger partial charge in [-0.2, -0.15) is 0 Å². The van der Waals surface area contributed by atoms with Crippen LogP contribution in [0.1, 0.15) is 68.1 Å². The van der Waals surface area contributed by atoms with Crippen LogP contribution in [0.15, 0.2) is 48.5 Å². The van der Waals surface area contributed by atoms with Crippen molar-refractivity contribution in [2.45, 2.75) is 57.9 Å². The third kappa shape index (κ3) is 4.67. The van der Waals surface area contributed by atoms with E-state index >= 15 is 0 Å². The average molecular weight is 388 g/mol. The maximum atomic E-state index is 13.2. The Labute approximate surface area is 173 Å². The van der Waals surface area contributed by atoms with E-state index in [-0.39, 0.29) is 11.8 Å². The average Bonchev–Trinajstić information content (AvgIpc) is 3.28. The molecule has 3 nitrogen and oxygen atoms in total. The Morgan fingerprint density at radius 2 is 1.48 bits per heavy atom. The van der Waals surface area contributed by atoms with E-state index in [1.54, 1.807) is 0 Å². The predicted octanol–water partition coefficient (Wildman–Crippen LogP) is 6.02. The molecule has 1 aliphatic carbocycles. The summed E-state index contributed by atoms with van der Waals surface area (Å²) in [6.45, 7) is 0.581. The van der Waals surface area contributed by atoms with Gasteiger partial charge in [-0.1, -0.05) is 67.5 Å². The fourth-order valence-corrected chi connectivity index (χ4v) is 4.53. The van der Waals surface area contributed by atoms with E-state index in [0.29, 0.717) is 25.2 Å². The number of ketones is 1. The molecule has 3 heteroatoms. The van der Waals surface area contributed by atoms with Gasteiger partial charge in [-0.15, -0.1) is 0 Å². The minimum absolute atomic E-state index is 0.135. The molecule has 0 bridgehead atoms. The van der Waals surface area contributed by atoms with Crippen molar-refractivity contribution >= 4 is 29.5 Å². The second kappa shape index (κ2) is 9.21. The van der Waals surface area contributed by atoms with Gasteiger partial charge in [0.1, 0.15) is 5.78 Å². The summed E-state index contributed by atoms with van der Waals surface area (Å²) < 4.78 is 0. The van der Waals surface area contributed by atoms with Crippen LogP contribution in [0.25, 0.3) is 12.2 Å². The highest BCUT2D eigenvalue weighted by Gasteiger charge is 2.23. The topological polar surface area (TPSA) is 37.4 Å². The number of amides is 1. The summed E-state index contributed by atoms with van der Waals surface area (Å²) in [4.78, 5) is 27.3. The van der Waals surface area contributed by atoms with E-state index in [4.69, 9.17) is 0 Å². The van der Waals surface area contributed by atoms with Crippen molar-refractivity contribution < 1.29 is 9.59 Å². The van der Waals surface area contributed by atoms with E-state index in [0.717, 1.165) is 48.1 Å². The molecule has 0 radical (unpaired) electrons. The lowest BCUT2D eigenvalue weighted by Gasteiger charge is -2.27. The second-order valence-corrected chi connectivity index (χ2v) is 8.23.